The minimum Gasteiger partial charge on any atom is -0.357 e. The minimum atomic E-state index is 0.200. The predicted octanol–water partition coefficient (Wildman–Crippen LogP) is 3.73. The van der Waals surface area contributed by atoms with Crippen molar-refractivity contribution in [2.24, 2.45) is 0 Å². The van der Waals surface area contributed by atoms with Gasteiger partial charge in [-0.25, -0.2) is 9.97 Å². The number of piperidine rings is 1. The molecule has 3 heterocycles. The Morgan fingerprint density at radius 2 is 1.92 bits per heavy atom. The number of nitrogens with one attached hydrogen (secondary N) is 1. The molecule has 4 rings (SSSR count). The van der Waals surface area contributed by atoms with Crippen LogP contribution in [0.5, 0.6) is 0 Å². The maximum Gasteiger partial charge on any atom is 0.232 e. The van der Waals surface area contributed by atoms with E-state index in [1.165, 1.54) is 18.2 Å². The third kappa shape index (κ3) is 3.39. The van der Waals surface area contributed by atoms with Crippen LogP contribution >= 0.6 is 11.8 Å². The van der Waals surface area contributed by atoms with Crippen molar-refractivity contribution >= 4 is 28.7 Å². The van der Waals surface area contributed by atoms with Crippen molar-refractivity contribution in [1.82, 2.24) is 19.9 Å². The van der Waals surface area contributed by atoms with Crippen LogP contribution in [-0.4, -0.2) is 44.6 Å². The zero-order valence-corrected chi connectivity index (χ0v) is 14.8. The molecule has 0 aliphatic carbocycles. The molecule has 6 heteroatoms. The number of likely N-dealkylation sites (tertiary alicyclic amines) is 1. The summed E-state index contributed by atoms with van der Waals surface area (Å²) in [5, 5.41) is 0.831. The van der Waals surface area contributed by atoms with Crippen LogP contribution in [0.25, 0.3) is 22.2 Å². The highest BCUT2D eigenvalue weighted by molar-refractivity contribution is 8.00. The van der Waals surface area contributed by atoms with Crippen LogP contribution in [0, 0.1) is 0 Å². The number of aromatic amines is 1. The highest BCUT2D eigenvalue weighted by Gasteiger charge is 2.18. The van der Waals surface area contributed by atoms with Crippen LogP contribution < -0.4 is 0 Å². The van der Waals surface area contributed by atoms with E-state index in [9.17, 15) is 4.79 Å². The Bertz CT molecular complexity index is 872. The number of nitrogens with zero attached hydrogens (tertiary/aromatic N) is 3. The van der Waals surface area contributed by atoms with Crippen LogP contribution in [0.2, 0.25) is 0 Å². The van der Waals surface area contributed by atoms with Gasteiger partial charge in [-0.2, -0.15) is 0 Å². The monoisotopic (exact) mass is 352 g/mol. The summed E-state index contributed by atoms with van der Waals surface area (Å²) >= 11 is 1.49. The Balaban J connectivity index is 1.54. The molecular formula is C19H20N4OS. The van der Waals surface area contributed by atoms with Crippen LogP contribution in [0.15, 0.2) is 47.9 Å². The van der Waals surface area contributed by atoms with E-state index in [2.05, 4.69) is 27.1 Å². The largest absolute Gasteiger partial charge is 0.357 e. The molecule has 128 valence electrons. The molecule has 1 aromatic carbocycles. The number of fused-ring (bicyclic) bond motifs is 1. The van der Waals surface area contributed by atoms with Gasteiger partial charge in [-0.05, 0) is 24.8 Å². The summed E-state index contributed by atoms with van der Waals surface area (Å²) in [7, 11) is 0. The van der Waals surface area contributed by atoms with Gasteiger partial charge in [0.25, 0.3) is 0 Å². The van der Waals surface area contributed by atoms with E-state index in [0.717, 1.165) is 53.1 Å². The first-order chi connectivity index (χ1) is 12.3. The van der Waals surface area contributed by atoms with Gasteiger partial charge in [-0.3, -0.25) is 4.79 Å². The zero-order chi connectivity index (χ0) is 17.1. The SMILES string of the molecule is O=C(CSc1ncnc2c(-c3ccccc3)c[nH]c12)N1CCCCC1. The number of H-pyrrole nitrogens is 1. The van der Waals surface area contributed by atoms with E-state index < -0.39 is 0 Å². The van der Waals surface area contributed by atoms with E-state index in [-0.39, 0.29) is 5.91 Å². The molecule has 0 unspecified atom stereocenters. The molecular weight excluding hydrogens is 332 g/mol. The summed E-state index contributed by atoms with van der Waals surface area (Å²) < 4.78 is 0. The minimum absolute atomic E-state index is 0.200. The highest BCUT2D eigenvalue weighted by atomic mass is 32.2. The molecule has 0 saturated carbocycles. The Labute approximate surface area is 150 Å². The van der Waals surface area contributed by atoms with Gasteiger partial charge in [0, 0.05) is 24.8 Å². The summed E-state index contributed by atoms with van der Waals surface area (Å²) in [4.78, 5) is 26.5. The zero-order valence-electron chi connectivity index (χ0n) is 13.9. The fraction of sp³-hybridized carbons (Fsp3) is 0.316. The Hall–Kier alpha value is -2.34. The summed E-state index contributed by atoms with van der Waals surface area (Å²) in [6, 6.07) is 10.2. The number of carbonyl (C=O) groups is 1. The molecule has 1 aliphatic rings. The summed E-state index contributed by atoms with van der Waals surface area (Å²) in [5.74, 6) is 0.623. The Morgan fingerprint density at radius 3 is 2.72 bits per heavy atom. The maximum atomic E-state index is 12.4. The van der Waals surface area contributed by atoms with E-state index in [4.69, 9.17) is 0 Å². The maximum absolute atomic E-state index is 12.4. The molecule has 2 aromatic heterocycles. The van der Waals surface area contributed by atoms with Crippen molar-refractivity contribution in [3.05, 3.63) is 42.9 Å². The Morgan fingerprint density at radius 1 is 1.12 bits per heavy atom. The first kappa shape index (κ1) is 16.1. The quantitative estimate of drug-likeness (QED) is 0.574. The van der Waals surface area contributed by atoms with E-state index in [1.807, 2.05) is 29.3 Å². The third-order valence-electron chi connectivity index (χ3n) is 4.55. The summed E-state index contributed by atoms with van der Waals surface area (Å²) in [6.07, 6.45) is 7.01. The van der Waals surface area contributed by atoms with Crippen LogP contribution in [0.4, 0.5) is 0 Å². The van der Waals surface area contributed by atoms with Crippen molar-refractivity contribution in [3.63, 3.8) is 0 Å². The molecule has 1 N–H and O–H groups in total. The van der Waals surface area contributed by atoms with Gasteiger partial charge in [0.15, 0.2) is 0 Å². The summed E-state index contributed by atoms with van der Waals surface area (Å²) in [5.41, 5.74) is 3.97. The van der Waals surface area contributed by atoms with Gasteiger partial charge in [-0.1, -0.05) is 42.1 Å². The van der Waals surface area contributed by atoms with Crippen molar-refractivity contribution in [2.75, 3.05) is 18.8 Å². The van der Waals surface area contributed by atoms with E-state index in [0.29, 0.717) is 5.75 Å². The lowest BCUT2D eigenvalue weighted by molar-refractivity contribution is -0.129. The topological polar surface area (TPSA) is 61.9 Å². The van der Waals surface area contributed by atoms with Gasteiger partial charge in [0.2, 0.25) is 5.91 Å². The molecule has 3 aromatic rings. The lowest BCUT2D eigenvalue weighted by Crippen LogP contribution is -2.36. The molecule has 0 radical (unpaired) electrons. The number of benzene rings is 1. The van der Waals surface area contributed by atoms with Gasteiger partial charge in [0.1, 0.15) is 16.9 Å². The smallest absolute Gasteiger partial charge is 0.232 e. The first-order valence-electron chi connectivity index (χ1n) is 8.61. The second kappa shape index (κ2) is 7.27. The summed E-state index contributed by atoms with van der Waals surface area (Å²) in [6.45, 7) is 1.78. The molecule has 0 bridgehead atoms. The van der Waals surface area contributed by atoms with Crippen molar-refractivity contribution < 1.29 is 4.79 Å². The molecule has 1 aliphatic heterocycles. The van der Waals surface area contributed by atoms with Crippen molar-refractivity contribution in [1.29, 1.82) is 0 Å². The third-order valence-corrected chi connectivity index (χ3v) is 5.53. The second-order valence-corrected chi connectivity index (χ2v) is 7.16. The number of hydrogen-bond donors (Lipinski definition) is 1. The molecule has 1 saturated heterocycles. The lowest BCUT2D eigenvalue weighted by Gasteiger charge is -2.26. The van der Waals surface area contributed by atoms with E-state index in [1.54, 1.807) is 6.33 Å². The molecule has 0 atom stereocenters. The van der Waals surface area contributed by atoms with Gasteiger partial charge < -0.3 is 9.88 Å². The number of thioether (sulfide) groups is 1. The first-order valence-corrected chi connectivity index (χ1v) is 9.59. The number of carbonyl (C=O) groups excluding carboxylic acids is 1. The number of rotatable bonds is 4. The standard InChI is InChI=1S/C19H20N4OS/c24-16(23-9-5-2-6-10-23)12-25-19-18-17(21-13-22-19)15(11-20-18)14-7-3-1-4-8-14/h1,3-4,7-8,11,13,20H,2,5-6,9-10,12H2. The van der Waals surface area contributed by atoms with Crippen molar-refractivity contribution in [3.8, 4) is 11.1 Å². The lowest BCUT2D eigenvalue weighted by atomic mass is 10.1. The van der Waals surface area contributed by atoms with Crippen molar-refractivity contribution in [2.45, 2.75) is 24.3 Å². The Kier molecular flexibility index (Phi) is 4.70. The van der Waals surface area contributed by atoms with Gasteiger partial charge >= 0.3 is 0 Å². The molecule has 5 nitrogen and oxygen atoms in total. The number of hydrogen-bond acceptors (Lipinski definition) is 4. The average Bonchev–Trinajstić information content (AvgIpc) is 3.12. The predicted molar refractivity (Wildman–Crippen MR) is 100 cm³/mol. The fourth-order valence-electron chi connectivity index (χ4n) is 3.23. The number of aromatic nitrogens is 3. The second-order valence-electron chi connectivity index (χ2n) is 6.20. The van der Waals surface area contributed by atoms with E-state index >= 15 is 0 Å². The molecule has 1 amide bonds. The highest BCUT2D eigenvalue weighted by Crippen LogP contribution is 2.31. The van der Waals surface area contributed by atoms with Gasteiger partial charge in [-0.15, -0.1) is 0 Å². The normalized spacial score (nSPS) is 14.8. The van der Waals surface area contributed by atoms with Crippen LogP contribution in [-0.2, 0) is 4.79 Å². The molecule has 25 heavy (non-hydrogen) atoms. The molecule has 1 fully saturated rings. The van der Waals surface area contributed by atoms with Crippen LogP contribution in [0.3, 0.4) is 0 Å². The average molecular weight is 352 g/mol. The fourth-order valence-corrected chi connectivity index (χ4v) is 4.09. The van der Waals surface area contributed by atoms with Gasteiger partial charge in [0.05, 0.1) is 11.3 Å². The number of amides is 1. The van der Waals surface area contributed by atoms with Crippen LogP contribution in [0.1, 0.15) is 19.3 Å². The molecule has 0 spiro atoms.